The second kappa shape index (κ2) is 6.99. The van der Waals surface area contributed by atoms with E-state index in [1.165, 1.54) is 18.9 Å². The SMILES string of the molecule is Fc1cc(Br)cc(Br)c1NC(=S)N1CCCCCC1. The van der Waals surface area contributed by atoms with Gasteiger partial charge in [0.1, 0.15) is 5.82 Å². The Balaban J connectivity index is 2.10. The van der Waals surface area contributed by atoms with Crippen molar-refractivity contribution in [2.24, 2.45) is 0 Å². The Hall–Kier alpha value is -0.200. The molecule has 0 amide bonds. The molecule has 1 aliphatic rings. The van der Waals surface area contributed by atoms with E-state index in [4.69, 9.17) is 12.2 Å². The number of rotatable bonds is 1. The van der Waals surface area contributed by atoms with E-state index in [0.29, 0.717) is 19.7 Å². The van der Waals surface area contributed by atoms with Gasteiger partial charge in [-0.2, -0.15) is 0 Å². The van der Waals surface area contributed by atoms with Crippen LogP contribution in [0.3, 0.4) is 0 Å². The molecular weight excluding hydrogens is 395 g/mol. The first kappa shape index (κ1) is 15.2. The Morgan fingerprint density at radius 2 is 1.79 bits per heavy atom. The highest BCUT2D eigenvalue weighted by Gasteiger charge is 2.15. The highest BCUT2D eigenvalue weighted by molar-refractivity contribution is 9.11. The monoisotopic (exact) mass is 408 g/mol. The van der Waals surface area contributed by atoms with Crippen LogP contribution < -0.4 is 5.32 Å². The molecule has 0 radical (unpaired) electrons. The van der Waals surface area contributed by atoms with Gasteiger partial charge in [0.15, 0.2) is 5.11 Å². The van der Waals surface area contributed by atoms with E-state index in [2.05, 4.69) is 42.1 Å². The van der Waals surface area contributed by atoms with E-state index in [1.807, 2.05) is 0 Å². The third kappa shape index (κ3) is 4.13. The topological polar surface area (TPSA) is 15.3 Å². The fourth-order valence-corrected chi connectivity index (χ4v) is 3.68. The van der Waals surface area contributed by atoms with Crippen LogP contribution >= 0.6 is 44.1 Å². The summed E-state index contributed by atoms with van der Waals surface area (Å²) >= 11 is 12.0. The number of nitrogens with zero attached hydrogens (tertiary/aromatic N) is 1. The van der Waals surface area contributed by atoms with Crippen LogP contribution in [0.25, 0.3) is 0 Å². The van der Waals surface area contributed by atoms with Gasteiger partial charge in [-0.25, -0.2) is 4.39 Å². The summed E-state index contributed by atoms with van der Waals surface area (Å²) < 4.78 is 15.3. The van der Waals surface area contributed by atoms with Crippen LogP contribution in [0, 0.1) is 5.82 Å². The summed E-state index contributed by atoms with van der Waals surface area (Å²) in [5.41, 5.74) is 0.400. The lowest BCUT2D eigenvalue weighted by Gasteiger charge is -2.24. The van der Waals surface area contributed by atoms with Gasteiger partial charge in [0.25, 0.3) is 0 Å². The Kier molecular flexibility index (Phi) is 5.59. The van der Waals surface area contributed by atoms with Gasteiger partial charge in [0, 0.05) is 22.0 Å². The molecule has 1 aliphatic heterocycles. The summed E-state index contributed by atoms with van der Waals surface area (Å²) in [5, 5.41) is 3.62. The van der Waals surface area contributed by atoms with Crippen molar-refractivity contribution in [1.29, 1.82) is 0 Å². The minimum absolute atomic E-state index is 0.321. The van der Waals surface area contributed by atoms with Crippen molar-refractivity contribution < 1.29 is 4.39 Å². The highest BCUT2D eigenvalue weighted by Crippen LogP contribution is 2.30. The van der Waals surface area contributed by atoms with Gasteiger partial charge in [-0.3, -0.25) is 0 Å². The van der Waals surface area contributed by atoms with E-state index in [1.54, 1.807) is 6.07 Å². The van der Waals surface area contributed by atoms with Crippen molar-refractivity contribution in [3.63, 3.8) is 0 Å². The summed E-state index contributed by atoms with van der Waals surface area (Å²) in [5.74, 6) is -0.321. The smallest absolute Gasteiger partial charge is 0.173 e. The maximum atomic E-state index is 13.9. The molecule has 104 valence electrons. The lowest BCUT2D eigenvalue weighted by atomic mass is 10.2. The molecule has 1 aromatic rings. The molecule has 1 N–H and O–H groups in total. The standard InChI is InChI=1S/C13H15Br2FN2S/c14-9-7-10(15)12(11(16)8-9)17-13(19)18-5-3-1-2-4-6-18/h7-8H,1-6H2,(H,17,19). The number of halogens is 3. The fraction of sp³-hybridized carbons (Fsp3) is 0.462. The average molecular weight is 410 g/mol. The maximum absolute atomic E-state index is 13.9. The van der Waals surface area contributed by atoms with Gasteiger partial charge in [-0.15, -0.1) is 0 Å². The Morgan fingerprint density at radius 1 is 1.16 bits per heavy atom. The lowest BCUT2D eigenvalue weighted by Crippen LogP contribution is -2.35. The van der Waals surface area contributed by atoms with Crippen molar-refractivity contribution in [1.82, 2.24) is 4.90 Å². The van der Waals surface area contributed by atoms with Crippen LogP contribution in [-0.4, -0.2) is 23.1 Å². The Bertz CT molecular complexity index is 451. The van der Waals surface area contributed by atoms with E-state index in [0.717, 1.165) is 25.9 Å². The molecule has 0 aromatic heterocycles. The van der Waals surface area contributed by atoms with Crippen LogP contribution in [0.2, 0.25) is 0 Å². The van der Waals surface area contributed by atoms with Crippen LogP contribution in [0.15, 0.2) is 21.1 Å². The summed E-state index contributed by atoms with van der Waals surface area (Å²) in [4.78, 5) is 2.12. The second-order valence-electron chi connectivity index (χ2n) is 4.58. The molecule has 0 unspecified atom stereocenters. The van der Waals surface area contributed by atoms with Gasteiger partial charge in [-0.1, -0.05) is 28.8 Å². The minimum Gasteiger partial charge on any atom is -0.349 e. The van der Waals surface area contributed by atoms with Crippen molar-refractivity contribution in [3.8, 4) is 0 Å². The number of hydrogen-bond acceptors (Lipinski definition) is 1. The first-order chi connectivity index (χ1) is 9.08. The molecule has 1 fully saturated rings. The number of likely N-dealkylation sites (tertiary alicyclic amines) is 1. The maximum Gasteiger partial charge on any atom is 0.173 e. The molecule has 0 bridgehead atoms. The van der Waals surface area contributed by atoms with Crippen molar-refractivity contribution >= 4 is 54.9 Å². The van der Waals surface area contributed by atoms with Crippen molar-refractivity contribution in [2.45, 2.75) is 25.7 Å². The molecule has 0 aliphatic carbocycles. The summed E-state index contributed by atoms with van der Waals surface area (Å²) in [7, 11) is 0. The van der Waals surface area contributed by atoms with Gasteiger partial charge in [-0.05, 0) is 53.1 Å². The quantitative estimate of drug-likeness (QED) is 0.662. The van der Waals surface area contributed by atoms with Crippen LogP contribution in [0.5, 0.6) is 0 Å². The first-order valence-corrected chi connectivity index (χ1v) is 8.28. The van der Waals surface area contributed by atoms with E-state index in [9.17, 15) is 4.39 Å². The van der Waals surface area contributed by atoms with Crippen molar-refractivity contribution in [3.05, 3.63) is 26.9 Å². The van der Waals surface area contributed by atoms with Crippen LogP contribution in [0.4, 0.5) is 10.1 Å². The zero-order chi connectivity index (χ0) is 13.8. The number of anilines is 1. The molecule has 0 spiro atoms. The van der Waals surface area contributed by atoms with E-state index in [-0.39, 0.29) is 5.82 Å². The summed E-state index contributed by atoms with van der Waals surface area (Å²) in [6, 6.07) is 3.23. The molecule has 1 saturated heterocycles. The zero-order valence-corrected chi connectivity index (χ0v) is 14.4. The van der Waals surface area contributed by atoms with E-state index < -0.39 is 0 Å². The van der Waals surface area contributed by atoms with Crippen LogP contribution in [-0.2, 0) is 0 Å². The number of benzene rings is 1. The molecule has 2 nitrogen and oxygen atoms in total. The van der Waals surface area contributed by atoms with Crippen LogP contribution in [0.1, 0.15) is 25.7 Å². The second-order valence-corrected chi connectivity index (χ2v) is 6.73. The molecule has 6 heteroatoms. The number of thiocarbonyl (C=S) groups is 1. The lowest BCUT2D eigenvalue weighted by molar-refractivity contribution is 0.441. The number of nitrogens with one attached hydrogen (secondary N) is 1. The fourth-order valence-electron chi connectivity index (χ4n) is 2.12. The molecule has 19 heavy (non-hydrogen) atoms. The number of hydrogen-bond donors (Lipinski definition) is 1. The largest absolute Gasteiger partial charge is 0.349 e. The molecular formula is C13H15Br2FN2S. The van der Waals surface area contributed by atoms with Crippen molar-refractivity contribution in [2.75, 3.05) is 18.4 Å². The average Bonchev–Trinajstić information content (AvgIpc) is 2.62. The van der Waals surface area contributed by atoms with Gasteiger partial charge < -0.3 is 10.2 Å². The molecule has 1 heterocycles. The summed E-state index contributed by atoms with van der Waals surface area (Å²) in [6.45, 7) is 1.89. The predicted octanol–water partition coefficient (Wildman–Crippen LogP) is 4.92. The van der Waals surface area contributed by atoms with Gasteiger partial charge in [0.05, 0.1) is 5.69 Å². The third-order valence-corrected chi connectivity index (χ3v) is 4.58. The molecule has 0 atom stereocenters. The predicted molar refractivity (Wildman–Crippen MR) is 88.1 cm³/mol. The normalized spacial score (nSPS) is 16.1. The Labute approximate surface area is 135 Å². The van der Waals surface area contributed by atoms with Gasteiger partial charge in [0.2, 0.25) is 0 Å². The van der Waals surface area contributed by atoms with E-state index >= 15 is 0 Å². The Morgan fingerprint density at radius 3 is 2.37 bits per heavy atom. The molecule has 2 rings (SSSR count). The third-order valence-electron chi connectivity index (χ3n) is 3.13. The minimum atomic E-state index is -0.321. The molecule has 0 saturated carbocycles. The zero-order valence-electron chi connectivity index (χ0n) is 10.4. The summed E-state index contributed by atoms with van der Waals surface area (Å²) in [6.07, 6.45) is 4.78. The first-order valence-electron chi connectivity index (χ1n) is 6.28. The van der Waals surface area contributed by atoms with Gasteiger partial charge >= 0.3 is 0 Å². The molecule has 1 aromatic carbocycles. The highest BCUT2D eigenvalue weighted by atomic mass is 79.9.